The van der Waals surface area contributed by atoms with Crippen molar-refractivity contribution in [1.29, 1.82) is 0 Å². The Morgan fingerprint density at radius 1 is 1.05 bits per heavy atom. The van der Waals surface area contributed by atoms with E-state index in [1.54, 1.807) is 11.8 Å². The number of nitrogens with zero attached hydrogens (tertiary/aromatic N) is 1. The molecule has 0 saturated carbocycles. The third kappa shape index (κ3) is 5.38. The summed E-state index contributed by atoms with van der Waals surface area (Å²) in [6, 6.07) is 10.4. The minimum atomic E-state index is 0.890. The molecular weight excluding hydrogens is 290 g/mol. The Kier molecular flexibility index (Phi) is 7.31. The van der Waals surface area contributed by atoms with Crippen molar-refractivity contribution < 1.29 is 4.42 Å². The third-order valence-electron chi connectivity index (χ3n) is 3.42. The highest BCUT2D eigenvalue weighted by Crippen LogP contribution is 2.22. The van der Waals surface area contributed by atoms with E-state index in [0.717, 1.165) is 43.0 Å². The fourth-order valence-electron chi connectivity index (χ4n) is 2.27. The minimum absolute atomic E-state index is 0.890. The molecule has 2 nitrogen and oxygen atoms in total. The van der Waals surface area contributed by atoms with Gasteiger partial charge in [-0.25, -0.2) is 4.98 Å². The van der Waals surface area contributed by atoms with Gasteiger partial charge in [0.15, 0.2) is 11.7 Å². The first-order valence-corrected chi connectivity index (χ1v) is 9.08. The van der Waals surface area contributed by atoms with Gasteiger partial charge in [0.1, 0.15) is 0 Å². The van der Waals surface area contributed by atoms with Gasteiger partial charge in [0.2, 0.25) is 0 Å². The van der Waals surface area contributed by atoms with Crippen LogP contribution in [0.3, 0.4) is 0 Å². The standard InChI is InChI=1S/C19H25NOS/c1-3-5-7-13-19-20-17(10-4-2)18(21-19)14-15-22-16-11-8-6-9-12-16/h6,8-9,11-12,14-15H,3-5,7,10,13H2,1-2H3/b15-14+. The molecule has 1 aromatic carbocycles. The average molecular weight is 315 g/mol. The van der Waals surface area contributed by atoms with Crippen LogP contribution >= 0.6 is 11.8 Å². The Hall–Kier alpha value is -1.48. The summed E-state index contributed by atoms with van der Waals surface area (Å²) in [7, 11) is 0. The van der Waals surface area contributed by atoms with Crippen LogP contribution in [-0.4, -0.2) is 4.98 Å². The van der Waals surface area contributed by atoms with Crippen molar-refractivity contribution in [2.24, 2.45) is 0 Å². The van der Waals surface area contributed by atoms with E-state index in [2.05, 4.69) is 54.6 Å². The molecule has 0 radical (unpaired) electrons. The van der Waals surface area contributed by atoms with Gasteiger partial charge >= 0.3 is 0 Å². The lowest BCUT2D eigenvalue weighted by atomic mass is 10.2. The van der Waals surface area contributed by atoms with Crippen molar-refractivity contribution in [3.8, 4) is 0 Å². The zero-order valence-electron chi connectivity index (χ0n) is 13.5. The van der Waals surface area contributed by atoms with Crippen LogP contribution < -0.4 is 0 Å². The molecule has 0 aliphatic carbocycles. The monoisotopic (exact) mass is 315 g/mol. The van der Waals surface area contributed by atoms with Gasteiger partial charge in [0, 0.05) is 11.3 Å². The third-order valence-corrected chi connectivity index (χ3v) is 4.24. The van der Waals surface area contributed by atoms with Crippen LogP contribution in [-0.2, 0) is 12.8 Å². The quantitative estimate of drug-likeness (QED) is 0.411. The van der Waals surface area contributed by atoms with E-state index >= 15 is 0 Å². The van der Waals surface area contributed by atoms with E-state index in [0.29, 0.717) is 0 Å². The topological polar surface area (TPSA) is 26.0 Å². The predicted octanol–water partition coefficient (Wildman–Crippen LogP) is 6.12. The summed E-state index contributed by atoms with van der Waals surface area (Å²) < 4.78 is 5.94. The highest BCUT2D eigenvalue weighted by Gasteiger charge is 2.10. The second kappa shape index (κ2) is 9.52. The normalized spacial score (nSPS) is 11.4. The summed E-state index contributed by atoms with van der Waals surface area (Å²) in [4.78, 5) is 5.90. The molecule has 1 aromatic heterocycles. The molecule has 0 aliphatic rings. The molecule has 0 spiro atoms. The SMILES string of the molecule is CCCCCc1nc(CCC)c(/C=C/Sc2ccccc2)o1. The number of aryl methyl sites for hydroxylation is 2. The Morgan fingerprint density at radius 2 is 1.86 bits per heavy atom. The average Bonchev–Trinajstić information content (AvgIpc) is 2.91. The summed E-state index contributed by atoms with van der Waals surface area (Å²) in [6.07, 6.45) is 8.69. The highest BCUT2D eigenvalue weighted by atomic mass is 32.2. The summed E-state index contributed by atoms with van der Waals surface area (Å²) in [5, 5.41) is 2.09. The van der Waals surface area contributed by atoms with Crippen LogP contribution in [0.5, 0.6) is 0 Å². The van der Waals surface area contributed by atoms with Crippen LogP contribution in [0, 0.1) is 0 Å². The molecule has 1 heterocycles. The number of aromatic nitrogens is 1. The van der Waals surface area contributed by atoms with Gasteiger partial charge < -0.3 is 4.42 Å². The second-order valence-electron chi connectivity index (χ2n) is 5.36. The van der Waals surface area contributed by atoms with Gasteiger partial charge in [-0.1, -0.05) is 63.1 Å². The van der Waals surface area contributed by atoms with Crippen LogP contribution in [0.1, 0.15) is 56.9 Å². The number of thioether (sulfide) groups is 1. The Balaban J connectivity index is 2.01. The van der Waals surface area contributed by atoms with Gasteiger partial charge in [-0.2, -0.15) is 0 Å². The summed E-state index contributed by atoms with van der Waals surface area (Å²) in [6.45, 7) is 4.39. The smallest absolute Gasteiger partial charge is 0.195 e. The van der Waals surface area contributed by atoms with E-state index in [-0.39, 0.29) is 0 Å². The van der Waals surface area contributed by atoms with Gasteiger partial charge in [-0.15, -0.1) is 0 Å². The number of hydrogen-bond acceptors (Lipinski definition) is 3. The van der Waals surface area contributed by atoms with Crippen molar-refractivity contribution in [2.45, 2.75) is 57.3 Å². The lowest BCUT2D eigenvalue weighted by molar-refractivity contribution is 0.475. The maximum absolute atomic E-state index is 5.94. The molecule has 0 fully saturated rings. The zero-order valence-corrected chi connectivity index (χ0v) is 14.4. The molecule has 22 heavy (non-hydrogen) atoms. The molecule has 2 aromatic rings. The molecule has 0 N–H and O–H groups in total. The highest BCUT2D eigenvalue weighted by molar-refractivity contribution is 8.02. The fraction of sp³-hybridized carbons (Fsp3) is 0.421. The lowest BCUT2D eigenvalue weighted by Crippen LogP contribution is -1.88. The Morgan fingerprint density at radius 3 is 2.59 bits per heavy atom. The Bertz CT molecular complexity index is 574. The number of rotatable bonds is 9. The molecule has 0 amide bonds. The molecule has 0 atom stereocenters. The minimum Gasteiger partial charge on any atom is -0.441 e. The van der Waals surface area contributed by atoms with E-state index in [9.17, 15) is 0 Å². The van der Waals surface area contributed by atoms with E-state index in [1.165, 1.54) is 17.7 Å². The van der Waals surface area contributed by atoms with Crippen molar-refractivity contribution in [2.75, 3.05) is 0 Å². The molecule has 0 saturated heterocycles. The maximum atomic E-state index is 5.94. The van der Waals surface area contributed by atoms with E-state index in [1.807, 2.05) is 6.07 Å². The second-order valence-corrected chi connectivity index (χ2v) is 6.34. The number of hydrogen-bond donors (Lipinski definition) is 0. The molecular formula is C19H25NOS. The summed E-state index contributed by atoms with van der Waals surface area (Å²) in [5.41, 5.74) is 1.10. The van der Waals surface area contributed by atoms with Crippen molar-refractivity contribution >= 4 is 17.8 Å². The largest absolute Gasteiger partial charge is 0.441 e. The van der Waals surface area contributed by atoms with Crippen molar-refractivity contribution in [1.82, 2.24) is 4.98 Å². The molecule has 0 aliphatic heterocycles. The first-order chi connectivity index (χ1) is 10.8. The first-order valence-electron chi connectivity index (χ1n) is 8.20. The van der Waals surface area contributed by atoms with Gasteiger partial charge in [-0.3, -0.25) is 0 Å². The molecule has 2 rings (SSSR count). The first kappa shape index (κ1) is 16.9. The number of oxazole rings is 1. The van der Waals surface area contributed by atoms with Crippen LogP contribution in [0.4, 0.5) is 0 Å². The van der Waals surface area contributed by atoms with Crippen LogP contribution in [0.15, 0.2) is 45.1 Å². The summed E-state index contributed by atoms with van der Waals surface area (Å²) >= 11 is 1.70. The fourth-order valence-corrected chi connectivity index (χ4v) is 2.93. The van der Waals surface area contributed by atoms with Gasteiger partial charge in [0.25, 0.3) is 0 Å². The predicted molar refractivity (Wildman–Crippen MR) is 95.1 cm³/mol. The molecule has 3 heteroatoms. The molecule has 118 valence electrons. The number of unbranched alkanes of at least 4 members (excludes halogenated alkanes) is 2. The van der Waals surface area contributed by atoms with Gasteiger partial charge in [-0.05, 0) is 36.5 Å². The van der Waals surface area contributed by atoms with Gasteiger partial charge in [0.05, 0.1) is 5.69 Å². The molecule has 0 unspecified atom stereocenters. The maximum Gasteiger partial charge on any atom is 0.195 e. The van der Waals surface area contributed by atoms with Crippen molar-refractivity contribution in [3.05, 3.63) is 53.1 Å². The van der Waals surface area contributed by atoms with Crippen LogP contribution in [0.25, 0.3) is 6.08 Å². The molecule has 0 bridgehead atoms. The van der Waals surface area contributed by atoms with E-state index in [4.69, 9.17) is 4.42 Å². The van der Waals surface area contributed by atoms with Crippen LogP contribution in [0.2, 0.25) is 0 Å². The summed E-state index contributed by atoms with van der Waals surface area (Å²) in [5.74, 6) is 1.82. The van der Waals surface area contributed by atoms with Crippen molar-refractivity contribution in [3.63, 3.8) is 0 Å². The Labute approximate surface area is 138 Å². The van der Waals surface area contributed by atoms with E-state index < -0.39 is 0 Å². The lowest BCUT2D eigenvalue weighted by Gasteiger charge is -1.95. The zero-order chi connectivity index (χ0) is 15.6. The number of benzene rings is 1.